The Hall–Kier alpha value is -0.480. The van der Waals surface area contributed by atoms with Crippen molar-refractivity contribution in [3.05, 3.63) is 59.7 Å². The van der Waals surface area contributed by atoms with Gasteiger partial charge in [-0.3, -0.25) is 0 Å². The summed E-state index contributed by atoms with van der Waals surface area (Å²) in [6, 6.07) is 11.9. The molecule has 0 aliphatic rings. The SMILES string of the molecule is CCc1ccc(S(=O)(=O)[O-])cc1.CCc1ccc(S(=O)(=O)[O-])cc1.[Ca+2]. The van der Waals surface area contributed by atoms with Gasteiger partial charge in [0, 0.05) is 0 Å². The minimum absolute atomic E-state index is 0. The van der Waals surface area contributed by atoms with Crippen molar-refractivity contribution < 1.29 is 25.9 Å². The van der Waals surface area contributed by atoms with Crippen LogP contribution in [-0.4, -0.2) is 63.7 Å². The first kappa shape index (κ1) is 24.5. The molecule has 0 amide bonds. The van der Waals surface area contributed by atoms with Gasteiger partial charge in [0.25, 0.3) is 0 Å². The van der Waals surface area contributed by atoms with Gasteiger partial charge in [0.05, 0.1) is 9.79 Å². The fourth-order valence-corrected chi connectivity index (χ4v) is 2.72. The first-order chi connectivity index (χ1) is 11.1. The topological polar surface area (TPSA) is 114 Å². The largest absolute Gasteiger partial charge is 2.00 e. The third-order valence-electron chi connectivity index (χ3n) is 3.24. The summed E-state index contributed by atoms with van der Waals surface area (Å²) in [4.78, 5) is -0.334. The van der Waals surface area contributed by atoms with Crippen LogP contribution in [0, 0.1) is 0 Å². The van der Waals surface area contributed by atoms with E-state index in [0.29, 0.717) is 0 Å². The van der Waals surface area contributed by atoms with Gasteiger partial charge in [-0.2, -0.15) is 0 Å². The summed E-state index contributed by atoms with van der Waals surface area (Å²) in [6.07, 6.45) is 1.67. The molecule has 0 spiro atoms. The van der Waals surface area contributed by atoms with Gasteiger partial charge in [0.2, 0.25) is 0 Å². The van der Waals surface area contributed by atoms with Crippen LogP contribution >= 0.6 is 0 Å². The van der Waals surface area contributed by atoms with Gasteiger partial charge in [0.15, 0.2) is 0 Å². The molecular formula is C16H18CaO6S2. The maximum atomic E-state index is 10.5. The van der Waals surface area contributed by atoms with Gasteiger partial charge in [-0.1, -0.05) is 38.1 Å². The molecule has 0 heterocycles. The Kier molecular flexibility index (Phi) is 10.4. The van der Waals surface area contributed by atoms with Crippen molar-refractivity contribution in [1.82, 2.24) is 0 Å². The van der Waals surface area contributed by atoms with Crippen LogP contribution in [0.4, 0.5) is 0 Å². The number of benzene rings is 2. The number of hydrogen-bond acceptors (Lipinski definition) is 6. The maximum absolute atomic E-state index is 10.5. The summed E-state index contributed by atoms with van der Waals surface area (Å²) in [7, 11) is -8.56. The monoisotopic (exact) mass is 410 g/mol. The van der Waals surface area contributed by atoms with E-state index in [9.17, 15) is 25.9 Å². The van der Waals surface area contributed by atoms with Gasteiger partial charge >= 0.3 is 37.7 Å². The van der Waals surface area contributed by atoms with E-state index in [4.69, 9.17) is 0 Å². The van der Waals surface area contributed by atoms with Crippen molar-refractivity contribution in [2.45, 2.75) is 36.5 Å². The number of rotatable bonds is 4. The average Bonchev–Trinajstić information content (AvgIpc) is 2.54. The van der Waals surface area contributed by atoms with Crippen LogP contribution in [0.25, 0.3) is 0 Å². The Bertz CT molecular complexity index is 782. The van der Waals surface area contributed by atoms with Crippen LogP contribution in [0.2, 0.25) is 0 Å². The summed E-state index contributed by atoms with van der Waals surface area (Å²) >= 11 is 0. The quantitative estimate of drug-likeness (QED) is 0.562. The van der Waals surface area contributed by atoms with Crippen molar-refractivity contribution in [2.24, 2.45) is 0 Å². The predicted octanol–water partition coefficient (Wildman–Crippen LogP) is 1.93. The van der Waals surface area contributed by atoms with Gasteiger partial charge < -0.3 is 9.11 Å². The molecule has 0 saturated carbocycles. The van der Waals surface area contributed by atoms with Crippen molar-refractivity contribution in [3.8, 4) is 0 Å². The molecule has 2 aromatic carbocycles. The molecule has 0 radical (unpaired) electrons. The van der Waals surface area contributed by atoms with E-state index in [-0.39, 0.29) is 47.5 Å². The summed E-state index contributed by atoms with van der Waals surface area (Å²) in [5, 5.41) is 0. The molecule has 0 aromatic heterocycles. The van der Waals surface area contributed by atoms with Gasteiger partial charge in [-0.25, -0.2) is 16.8 Å². The normalized spacial score (nSPS) is 11.0. The number of hydrogen-bond donors (Lipinski definition) is 0. The van der Waals surface area contributed by atoms with E-state index >= 15 is 0 Å². The smallest absolute Gasteiger partial charge is 0.744 e. The predicted molar refractivity (Wildman–Crippen MR) is 93.3 cm³/mol. The van der Waals surface area contributed by atoms with Crippen LogP contribution < -0.4 is 0 Å². The molecule has 6 nitrogen and oxygen atoms in total. The Morgan fingerprint density at radius 2 is 0.880 bits per heavy atom. The third-order valence-corrected chi connectivity index (χ3v) is 4.94. The van der Waals surface area contributed by atoms with Crippen LogP contribution in [0.1, 0.15) is 25.0 Å². The second-order valence-electron chi connectivity index (χ2n) is 4.90. The van der Waals surface area contributed by atoms with Gasteiger partial charge in [-0.15, -0.1) is 0 Å². The van der Waals surface area contributed by atoms with Crippen molar-refractivity contribution in [3.63, 3.8) is 0 Å². The Morgan fingerprint density at radius 1 is 0.640 bits per heavy atom. The molecule has 0 saturated heterocycles. The molecule has 2 aromatic rings. The minimum Gasteiger partial charge on any atom is -0.744 e. The molecule has 0 aliphatic heterocycles. The second kappa shape index (κ2) is 10.6. The molecule has 0 bridgehead atoms. The first-order valence-corrected chi connectivity index (χ1v) is 9.99. The zero-order valence-corrected chi connectivity index (χ0v) is 17.8. The van der Waals surface area contributed by atoms with E-state index in [0.717, 1.165) is 24.0 Å². The summed E-state index contributed by atoms with van der Waals surface area (Å²) in [6.45, 7) is 3.92. The molecule has 132 valence electrons. The standard InChI is InChI=1S/2C8H10O3S.Ca/c2*1-2-7-3-5-8(6-4-7)12(9,10)11;/h2*3-6H,2H2,1H3,(H,9,10,11);/q;;+2/p-2. The van der Waals surface area contributed by atoms with Crippen molar-refractivity contribution in [1.29, 1.82) is 0 Å². The number of aryl methyl sites for hydroxylation is 2. The molecule has 0 unspecified atom stereocenters. The molecule has 0 atom stereocenters. The fraction of sp³-hybridized carbons (Fsp3) is 0.250. The van der Waals surface area contributed by atoms with Crippen LogP contribution in [0.15, 0.2) is 58.3 Å². The first-order valence-electron chi connectivity index (χ1n) is 7.17. The second-order valence-corrected chi connectivity index (χ2v) is 7.66. The molecule has 0 N–H and O–H groups in total. The van der Waals surface area contributed by atoms with Crippen LogP contribution in [-0.2, 0) is 33.1 Å². The van der Waals surface area contributed by atoms with Gasteiger partial charge in [-0.05, 0) is 48.2 Å². The van der Waals surface area contributed by atoms with Crippen LogP contribution in [0.5, 0.6) is 0 Å². The van der Waals surface area contributed by atoms with E-state index in [1.807, 2.05) is 13.8 Å². The maximum Gasteiger partial charge on any atom is 2.00 e. The molecule has 25 heavy (non-hydrogen) atoms. The molecule has 2 rings (SSSR count). The van der Waals surface area contributed by atoms with E-state index in [2.05, 4.69) is 0 Å². The van der Waals surface area contributed by atoms with E-state index in [1.54, 1.807) is 24.3 Å². The molecular weight excluding hydrogens is 392 g/mol. The zero-order chi connectivity index (χ0) is 18.4. The average molecular weight is 411 g/mol. The van der Waals surface area contributed by atoms with E-state index in [1.165, 1.54) is 24.3 Å². The van der Waals surface area contributed by atoms with E-state index < -0.39 is 20.2 Å². The fourth-order valence-electron chi connectivity index (χ4n) is 1.78. The molecule has 0 aliphatic carbocycles. The molecule has 9 heteroatoms. The molecule has 0 fully saturated rings. The van der Waals surface area contributed by atoms with Gasteiger partial charge in [0.1, 0.15) is 20.2 Å². The summed E-state index contributed by atoms with van der Waals surface area (Å²) in [5.41, 5.74) is 2.03. The Labute approximate surface area is 178 Å². The van der Waals surface area contributed by atoms with Crippen molar-refractivity contribution >= 4 is 58.0 Å². The zero-order valence-electron chi connectivity index (χ0n) is 14.0. The van der Waals surface area contributed by atoms with Crippen molar-refractivity contribution in [2.75, 3.05) is 0 Å². The Balaban J connectivity index is 0.000000443. The summed E-state index contributed by atoms with van der Waals surface area (Å²) < 4.78 is 62.9. The summed E-state index contributed by atoms with van der Waals surface area (Å²) in [5.74, 6) is 0. The van der Waals surface area contributed by atoms with Crippen LogP contribution in [0.3, 0.4) is 0 Å². The minimum atomic E-state index is -4.28. The Morgan fingerprint density at radius 3 is 1.04 bits per heavy atom. The third kappa shape index (κ3) is 8.63.